The molecule has 0 atom stereocenters. The molecule has 0 radical (unpaired) electrons. The highest BCUT2D eigenvalue weighted by atomic mass is 19.3. The van der Waals surface area contributed by atoms with E-state index in [0.717, 1.165) is 24.4 Å². The normalized spacial score (nSPS) is 10.9. The maximum atomic E-state index is 13.3. The Hall–Kier alpha value is -2.05. The molecule has 0 amide bonds. The van der Waals surface area contributed by atoms with E-state index in [9.17, 15) is 17.6 Å². The quantitative estimate of drug-likeness (QED) is 0.855. The van der Waals surface area contributed by atoms with Gasteiger partial charge in [-0.1, -0.05) is 0 Å². The molecule has 0 aliphatic carbocycles. The van der Waals surface area contributed by atoms with Gasteiger partial charge in [0.05, 0.1) is 12.2 Å². The minimum absolute atomic E-state index is 0.0358. The van der Waals surface area contributed by atoms with Gasteiger partial charge < -0.3 is 5.32 Å². The van der Waals surface area contributed by atoms with Crippen LogP contribution in [0.2, 0.25) is 0 Å². The van der Waals surface area contributed by atoms with Crippen LogP contribution in [0.25, 0.3) is 0 Å². The zero-order chi connectivity index (χ0) is 13.1. The number of alkyl halides is 2. The smallest absolute Gasteiger partial charge is 0.319 e. The summed E-state index contributed by atoms with van der Waals surface area (Å²) in [5.74, 6) is -1.24. The first-order valence-electron chi connectivity index (χ1n) is 5.06. The van der Waals surface area contributed by atoms with Crippen LogP contribution in [0, 0.1) is 11.6 Å². The summed E-state index contributed by atoms with van der Waals surface area (Å²) < 4.78 is 51.8. The highest BCUT2D eigenvalue weighted by Gasteiger charge is 2.11. The highest BCUT2D eigenvalue weighted by Crippen LogP contribution is 2.17. The van der Waals surface area contributed by atoms with Gasteiger partial charge in [-0.3, -0.25) is 4.57 Å². The molecule has 0 unspecified atom stereocenters. The summed E-state index contributed by atoms with van der Waals surface area (Å²) in [7, 11) is 0. The zero-order valence-corrected chi connectivity index (χ0v) is 9.08. The van der Waals surface area contributed by atoms with Crippen LogP contribution in [-0.4, -0.2) is 9.55 Å². The fourth-order valence-electron chi connectivity index (χ4n) is 1.47. The summed E-state index contributed by atoms with van der Waals surface area (Å²) in [6.07, 6.45) is 2.33. The van der Waals surface area contributed by atoms with E-state index in [-0.39, 0.29) is 18.1 Å². The lowest BCUT2D eigenvalue weighted by Gasteiger charge is -2.09. The second-order valence-corrected chi connectivity index (χ2v) is 3.51. The Bertz CT molecular complexity index is 539. The number of imidazole rings is 1. The predicted molar refractivity (Wildman–Crippen MR) is 57.2 cm³/mol. The Morgan fingerprint density at radius 1 is 1.28 bits per heavy atom. The van der Waals surface area contributed by atoms with Crippen LogP contribution in [0.1, 0.15) is 12.4 Å². The van der Waals surface area contributed by atoms with Gasteiger partial charge in [-0.2, -0.15) is 8.78 Å². The molecule has 0 aliphatic heterocycles. The largest absolute Gasteiger partial charge is 0.375 e. The monoisotopic (exact) mass is 259 g/mol. The van der Waals surface area contributed by atoms with Gasteiger partial charge in [-0.05, 0) is 18.2 Å². The highest BCUT2D eigenvalue weighted by molar-refractivity contribution is 5.44. The van der Waals surface area contributed by atoms with Crippen molar-refractivity contribution in [2.24, 2.45) is 0 Å². The van der Waals surface area contributed by atoms with Gasteiger partial charge in [-0.25, -0.2) is 13.8 Å². The number of nitrogens with zero attached hydrogens (tertiary/aromatic N) is 2. The van der Waals surface area contributed by atoms with Gasteiger partial charge in [0.15, 0.2) is 0 Å². The van der Waals surface area contributed by atoms with Crippen LogP contribution in [0.15, 0.2) is 30.6 Å². The topological polar surface area (TPSA) is 29.9 Å². The van der Waals surface area contributed by atoms with E-state index < -0.39 is 18.2 Å². The third-order valence-electron chi connectivity index (χ3n) is 2.32. The van der Waals surface area contributed by atoms with Gasteiger partial charge in [0.1, 0.15) is 17.5 Å². The van der Waals surface area contributed by atoms with E-state index in [2.05, 4.69) is 10.3 Å². The van der Waals surface area contributed by atoms with Crippen molar-refractivity contribution < 1.29 is 17.6 Å². The van der Waals surface area contributed by atoms with Gasteiger partial charge in [0, 0.05) is 12.4 Å². The number of aromatic nitrogens is 2. The summed E-state index contributed by atoms with van der Waals surface area (Å²) >= 11 is 0. The van der Waals surface area contributed by atoms with Crippen LogP contribution in [-0.2, 0) is 6.54 Å². The number of hydrogen-bond donors (Lipinski definition) is 1. The minimum Gasteiger partial charge on any atom is -0.375 e. The first kappa shape index (κ1) is 12.4. The molecule has 0 saturated heterocycles. The molecular formula is C11H9F4N3. The average Bonchev–Trinajstić information content (AvgIpc) is 2.79. The van der Waals surface area contributed by atoms with Crippen LogP contribution >= 0.6 is 0 Å². The molecular weight excluding hydrogens is 250 g/mol. The summed E-state index contributed by atoms with van der Waals surface area (Å²) in [6, 6.07) is 2.88. The molecule has 3 nitrogen and oxygen atoms in total. The molecule has 7 heteroatoms. The van der Waals surface area contributed by atoms with Crippen molar-refractivity contribution in [3.05, 3.63) is 48.1 Å². The van der Waals surface area contributed by atoms with Crippen molar-refractivity contribution in [3.8, 4) is 0 Å². The van der Waals surface area contributed by atoms with Crippen molar-refractivity contribution in [2.75, 3.05) is 5.32 Å². The zero-order valence-electron chi connectivity index (χ0n) is 9.08. The maximum absolute atomic E-state index is 13.3. The fourth-order valence-corrected chi connectivity index (χ4v) is 1.47. The average molecular weight is 259 g/mol. The fraction of sp³-hybridized carbons (Fsp3) is 0.182. The molecule has 0 saturated carbocycles. The number of benzene rings is 1. The molecule has 2 aromatic rings. The van der Waals surface area contributed by atoms with Crippen LogP contribution in [0.4, 0.5) is 23.2 Å². The van der Waals surface area contributed by atoms with Gasteiger partial charge in [0.25, 0.3) is 0 Å². The van der Waals surface area contributed by atoms with Crippen LogP contribution in [0.5, 0.6) is 0 Å². The number of rotatable bonds is 4. The third-order valence-corrected chi connectivity index (χ3v) is 2.32. The molecule has 0 bridgehead atoms. The Morgan fingerprint density at radius 3 is 2.78 bits per heavy atom. The summed E-state index contributed by atoms with van der Waals surface area (Å²) in [5.41, 5.74) is -0.0983. The number of halogens is 4. The Labute approximate surface area is 100 Å². The van der Waals surface area contributed by atoms with Crippen molar-refractivity contribution >= 4 is 5.69 Å². The first-order valence-corrected chi connectivity index (χ1v) is 5.06. The standard InChI is InChI=1S/C11H9F4N3/c12-7-1-2-8(13)9(5-7)17-6-10-16-3-4-18(10)11(14)15/h1-5,11,17H,6H2. The summed E-state index contributed by atoms with van der Waals surface area (Å²) in [4.78, 5) is 3.71. The molecule has 1 aromatic heterocycles. The van der Waals surface area contributed by atoms with E-state index in [1.807, 2.05) is 0 Å². The van der Waals surface area contributed by atoms with Gasteiger partial charge in [-0.15, -0.1) is 0 Å². The lowest BCUT2D eigenvalue weighted by molar-refractivity contribution is 0.0673. The van der Waals surface area contributed by atoms with E-state index in [0.29, 0.717) is 4.57 Å². The van der Waals surface area contributed by atoms with Gasteiger partial charge >= 0.3 is 6.55 Å². The SMILES string of the molecule is Fc1ccc(F)c(NCc2nccn2C(F)F)c1. The van der Waals surface area contributed by atoms with E-state index in [1.165, 1.54) is 6.20 Å². The lowest BCUT2D eigenvalue weighted by atomic mass is 10.3. The summed E-state index contributed by atoms with van der Waals surface area (Å²) in [5, 5.41) is 2.52. The Morgan fingerprint density at radius 2 is 2.06 bits per heavy atom. The molecule has 0 aliphatic rings. The number of anilines is 1. The van der Waals surface area contributed by atoms with Gasteiger partial charge in [0.2, 0.25) is 0 Å². The molecule has 0 spiro atoms. The predicted octanol–water partition coefficient (Wildman–Crippen LogP) is 3.17. The van der Waals surface area contributed by atoms with Crippen molar-refractivity contribution in [3.63, 3.8) is 0 Å². The molecule has 1 heterocycles. The lowest BCUT2D eigenvalue weighted by Crippen LogP contribution is -2.09. The van der Waals surface area contributed by atoms with Crippen LogP contribution in [0.3, 0.4) is 0 Å². The maximum Gasteiger partial charge on any atom is 0.319 e. The third kappa shape index (κ3) is 2.61. The van der Waals surface area contributed by atoms with E-state index in [4.69, 9.17) is 0 Å². The Kier molecular flexibility index (Phi) is 3.50. The molecule has 1 N–H and O–H groups in total. The molecule has 1 aromatic carbocycles. The second kappa shape index (κ2) is 5.07. The molecule has 96 valence electrons. The van der Waals surface area contributed by atoms with Crippen molar-refractivity contribution in [2.45, 2.75) is 13.1 Å². The van der Waals surface area contributed by atoms with E-state index >= 15 is 0 Å². The Balaban J connectivity index is 2.11. The van der Waals surface area contributed by atoms with Crippen molar-refractivity contribution in [1.29, 1.82) is 0 Å². The van der Waals surface area contributed by atoms with Crippen LogP contribution < -0.4 is 5.32 Å². The first-order chi connectivity index (χ1) is 8.58. The van der Waals surface area contributed by atoms with Crippen molar-refractivity contribution in [1.82, 2.24) is 9.55 Å². The summed E-state index contributed by atoms with van der Waals surface area (Å²) in [6.45, 7) is -2.85. The minimum atomic E-state index is -2.72. The van der Waals surface area contributed by atoms with E-state index in [1.54, 1.807) is 0 Å². The molecule has 18 heavy (non-hydrogen) atoms. The second-order valence-electron chi connectivity index (χ2n) is 3.51. The molecule has 2 rings (SSSR count). The molecule has 0 fully saturated rings. The number of nitrogens with one attached hydrogen (secondary N) is 1. The number of hydrogen-bond acceptors (Lipinski definition) is 2.